The summed E-state index contributed by atoms with van der Waals surface area (Å²) in [6, 6.07) is 14.9. The number of fused-ring (bicyclic) bond motifs is 1. The molecule has 4 rings (SSSR count). The second-order valence-electron chi connectivity index (χ2n) is 6.81. The topological polar surface area (TPSA) is 96.1 Å². The normalized spacial score (nSPS) is 10.8. The van der Waals surface area contributed by atoms with Crippen molar-refractivity contribution in [3.05, 3.63) is 76.4 Å². The summed E-state index contributed by atoms with van der Waals surface area (Å²) in [4.78, 5) is 26.1. The summed E-state index contributed by atoms with van der Waals surface area (Å²) in [6.45, 7) is 0.285. The van der Waals surface area contributed by atoms with Gasteiger partial charge in [-0.3, -0.25) is 14.7 Å². The zero-order chi connectivity index (χ0) is 21.8. The largest absolute Gasteiger partial charge is 0.497 e. The maximum atomic E-state index is 13.0. The van der Waals surface area contributed by atoms with Gasteiger partial charge in [0.2, 0.25) is 5.91 Å². The van der Waals surface area contributed by atoms with Gasteiger partial charge in [0.1, 0.15) is 16.4 Å². The molecule has 0 unspecified atom stereocenters. The number of nitrogens with zero attached hydrogens (tertiary/aromatic N) is 1. The van der Waals surface area contributed by atoms with Crippen LogP contribution in [0.1, 0.15) is 20.8 Å². The van der Waals surface area contributed by atoms with Crippen LogP contribution in [0.4, 0.5) is 10.2 Å². The minimum Gasteiger partial charge on any atom is -0.497 e. The number of anilines is 1. The van der Waals surface area contributed by atoms with E-state index in [-0.39, 0.29) is 30.6 Å². The molecule has 2 heterocycles. The van der Waals surface area contributed by atoms with Crippen LogP contribution in [0.5, 0.6) is 5.75 Å². The maximum Gasteiger partial charge on any atom is 0.261 e. The molecule has 9 heteroatoms. The van der Waals surface area contributed by atoms with Gasteiger partial charge < -0.3 is 15.4 Å². The van der Waals surface area contributed by atoms with Crippen molar-refractivity contribution in [2.24, 2.45) is 0 Å². The van der Waals surface area contributed by atoms with Gasteiger partial charge in [0.15, 0.2) is 5.82 Å². The molecule has 0 spiro atoms. The van der Waals surface area contributed by atoms with Crippen LogP contribution in [-0.2, 0) is 17.8 Å². The van der Waals surface area contributed by atoms with Crippen LogP contribution in [0.2, 0.25) is 0 Å². The van der Waals surface area contributed by atoms with Crippen LogP contribution in [0.3, 0.4) is 0 Å². The minimum absolute atomic E-state index is 0.167. The molecular weight excluding hydrogens is 419 g/mol. The summed E-state index contributed by atoms with van der Waals surface area (Å²) in [5.41, 5.74) is 1.61. The number of nitrogens with one attached hydrogen (secondary N) is 3. The number of carbonyl (C=O) groups is 2. The van der Waals surface area contributed by atoms with E-state index < -0.39 is 0 Å². The second kappa shape index (κ2) is 8.97. The molecule has 0 saturated heterocycles. The van der Waals surface area contributed by atoms with Crippen molar-refractivity contribution in [2.75, 3.05) is 12.4 Å². The number of H-pyrrole nitrogens is 1. The van der Waals surface area contributed by atoms with Gasteiger partial charge in [-0.2, -0.15) is 5.10 Å². The van der Waals surface area contributed by atoms with Crippen LogP contribution in [0.15, 0.2) is 54.6 Å². The highest BCUT2D eigenvalue weighted by molar-refractivity contribution is 7.20. The Kier molecular flexibility index (Phi) is 5.94. The fraction of sp³-hybridized carbons (Fsp3) is 0.136. The molecule has 158 valence electrons. The molecule has 0 aliphatic carbocycles. The lowest BCUT2D eigenvalue weighted by molar-refractivity contribution is -0.115. The van der Waals surface area contributed by atoms with Gasteiger partial charge in [0.05, 0.1) is 23.8 Å². The van der Waals surface area contributed by atoms with Gasteiger partial charge in [0.25, 0.3) is 5.91 Å². The van der Waals surface area contributed by atoms with Crippen LogP contribution in [0, 0.1) is 5.82 Å². The van der Waals surface area contributed by atoms with Crippen molar-refractivity contribution < 1.29 is 18.7 Å². The molecule has 7 nitrogen and oxygen atoms in total. The lowest BCUT2D eigenvalue weighted by atomic mass is 10.1. The third-order valence-electron chi connectivity index (χ3n) is 4.60. The summed E-state index contributed by atoms with van der Waals surface area (Å²) in [5, 5.41) is 13.2. The number of methoxy groups -OCH3 is 1. The van der Waals surface area contributed by atoms with Gasteiger partial charge in [0, 0.05) is 6.54 Å². The highest BCUT2D eigenvalue weighted by atomic mass is 32.1. The number of thiophene rings is 1. The predicted molar refractivity (Wildman–Crippen MR) is 117 cm³/mol. The lowest BCUT2D eigenvalue weighted by Crippen LogP contribution is -2.21. The zero-order valence-electron chi connectivity index (χ0n) is 16.6. The molecule has 0 aliphatic rings. The number of aromatic nitrogens is 2. The Bertz CT molecular complexity index is 1230. The first-order chi connectivity index (χ1) is 15.0. The molecule has 0 aliphatic heterocycles. The minimum atomic E-state index is -0.323. The summed E-state index contributed by atoms with van der Waals surface area (Å²) in [5.74, 6) is 0.247. The zero-order valence-corrected chi connectivity index (χ0v) is 17.4. The van der Waals surface area contributed by atoms with Crippen molar-refractivity contribution >= 4 is 39.2 Å². The monoisotopic (exact) mass is 438 g/mol. The van der Waals surface area contributed by atoms with E-state index in [4.69, 9.17) is 4.74 Å². The number of hydrogen-bond acceptors (Lipinski definition) is 5. The SMILES string of the molecule is COc1cccc(CC(=O)Nc2n[nH]c3sc(C(=O)NCc4ccc(F)cc4)cc23)c1. The maximum absolute atomic E-state index is 13.0. The van der Waals surface area contributed by atoms with Gasteiger partial charge in [-0.1, -0.05) is 24.3 Å². The molecule has 0 bridgehead atoms. The van der Waals surface area contributed by atoms with Crippen molar-refractivity contribution in [3.8, 4) is 5.75 Å². The van der Waals surface area contributed by atoms with Gasteiger partial charge in [-0.05, 0) is 41.5 Å². The second-order valence-corrected chi connectivity index (χ2v) is 7.86. The fourth-order valence-corrected chi connectivity index (χ4v) is 3.96. The molecule has 2 aromatic carbocycles. The first-order valence-electron chi connectivity index (χ1n) is 9.45. The molecule has 2 amide bonds. The molecule has 0 atom stereocenters. The Labute approximate surface area is 181 Å². The average Bonchev–Trinajstić information content (AvgIpc) is 3.35. The van der Waals surface area contributed by atoms with E-state index in [1.165, 1.54) is 23.5 Å². The van der Waals surface area contributed by atoms with E-state index in [1.807, 2.05) is 18.2 Å². The Hall–Kier alpha value is -3.72. The average molecular weight is 438 g/mol. The Morgan fingerprint density at radius 2 is 1.94 bits per heavy atom. The predicted octanol–water partition coefficient (Wildman–Crippen LogP) is 3.88. The molecule has 2 aromatic heterocycles. The van der Waals surface area contributed by atoms with E-state index in [0.717, 1.165) is 11.1 Å². The van der Waals surface area contributed by atoms with Crippen molar-refractivity contribution in [2.45, 2.75) is 13.0 Å². The number of rotatable bonds is 7. The smallest absolute Gasteiger partial charge is 0.261 e. The highest BCUT2D eigenvalue weighted by Gasteiger charge is 2.16. The highest BCUT2D eigenvalue weighted by Crippen LogP contribution is 2.29. The fourth-order valence-electron chi connectivity index (χ4n) is 3.04. The van der Waals surface area contributed by atoms with Gasteiger partial charge >= 0.3 is 0 Å². The van der Waals surface area contributed by atoms with Gasteiger partial charge in [-0.25, -0.2) is 4.39 Å². The van der Waals surface area contributed by atoms with Crippen LogP contribution in [-0.4, -0.2) is 29.1 Å². The molecular formula is C22H19FN4O3S. The van der Waals surface area contributed by atoms with Gasteiger partial charge in [-0.15, -0.1) is 11.3 Å². The Morgan fingerprint density at radius 1 is 1.13 bits per heavy atom. The lowest BCUT2D eigenvalue weighted by Gasteiger charge is -2.05. The van der Waals surface area contributed by atoms with E-state index in [1.54, 1.807) is 31.4 Å². The third-order valence-corrected chi connectivity index (χ3v) is 5.64. The number of halogens is 1. The molecule has 0 fully saturated rings. The van der Waals surface area contributed by atoms with E-state index in [0.29, 0.717) is 26.7 Å². The third kappa shape index (κ3) is 4.89. The summed E-state index contributed by atoms with van der Waals surface area (Å²) < 4.78 is 18.2. The number of aromatic amines is 1. The Balaban J connectivity index is 1.41. The number of ether oxygens (including phenoxy) is 1. The first kappa shape index (κ1) is 20.5. The quantitative estimate of drug-likeness (QED) is 0.408. The van der Waals surface area contributed by atoms with E-state index >= 15 is 0 Å². The van der Waals surface area contributed by atoms with E-state index in [9.17, 15) is 14.0 Å². The number of carbonyl (C=O) groups excluding carboxylic acids is 2. The molecule has 31 heavy (non-hydrogen) atoms. The Morgan fingerprint density at radius 3 is 2.71 bits per heavy atom. The molecule has 3 N–H and O–H groups in total. The van der Waals surface area contributed by atoms with Crippen molar-refractivity contribution in [1.29, 1.82) is 0 Å². The number of benzene rings is 2. The molecule has 0 radical (unpaired) electrons. The van der Waals surface area contributed by atoms with Crippen molar-refractivity contribution in [1.82, 2.24) is 15.5 Å². The van der Waals surface area contributed by atoms with Crippen LogP contribution < -0.4 is 15.4 Å². The van der Waals surface area contributed by atoms with Crippen LogP contribution in [0.25, 0.3) is 10.2 Å². The number of amides is 2. The molecule has 0 saturated carbocycles. The summed E-state index contributed by atoms with van der Waals surface area (Å²) >= 11 is 1.24. The summed E-state index contributed by atoms with van der Waals surface area (Å²) in [7, 11) is 1.57. The molecule has 4 aromatic rings. The first-order valence-corrected chi connectivity index (χ1v) is 10.3. The summed E-state index contributed by atoms with van der Waals surface area (Å²) in [6.07, 6.45) is 0.167. The number of hydrogen-bond donors (Lipinski definition) is 3. The van der Waals surface area contributed by atoms with Crippen molar-refractivity contribution in [3.63, 3.8) is 0 Å². The standard InChI is InChI=1S/C22H19FN4O3S/c1-30-16-4-2-3-14(9-16)10-19(28)25-20-17-11-18(31-22(17)27-26-20)21(29)24-12-13-5-7-15(23)8-6-13/h2-9,11H,10,12H2,1H3,(H,24,29)(H2,25,26,27,28). The van der Waals surface area contributed by atoms with Crippen LogP contribution >= 0.6 is 11.3 Å². The van der Waals surface area contributed by atoms with E-state index in [2.05, 4.69) is 20.8 Å².